The summed E-state index contributed by atoms with van der Waals surface area (Å²) in [6.07, 6.45) is 5.86. The molecule has 2 aliphatic rings. The van der Waals surface area contributed by atoms with Crippen LogP contribution in [0, 0.1) is 0 Å². The van der Waals surface area contributed by atoms with Crippen LogP contribution in [0.3, 0.4) is 0 Å². The molecule has 2 aliphatic carbocycles. The number of aromatic amines is 1. The van der Waals surface area contributed by atoms with Crippen molar-refractivity contribution in [2.75, 3.05) is 0 Å². The fraction of sp³-hybridized carbons (Fsp3) is 0.481. The van der Waals surface area contributed by atoms with Crippen LogP contribution in [-0.2, 0) is 25.7 Å². The molecule has 3 N–H and O–H groups in total. The number of aromatic nitrogens is 1. The van der Waals surface area contributed by atoms with Crippen LogP contribution in [0.25, 0.3) is 10.9 Å². The minimum atomic E-state index is -4.29. The number of halogens is 3. The molecule has 3 nitrogen and oxygen atoms in total. The Hall–Kier alpha value is -2.31. The molecule has 0 aliphatic heterocycles. The van der Waals surface area contributed by atoms with Gasteiger partial charge < -0.3 is 15.6 Å². The smallest absolute Gasteiger partial charge is 0.357 e. The lowest BCUT2D eigenvalue weighted by molar-refractivity contribution is -0.137. The highest BCUT2D eigenvalue weighted by Gasteiger charge is 2.30. The van der Waals surface area contributed by atoms with Gasteiger partial charge in [0.05, 0.1) is 5.56 Å². The molecule has 0 amide bonds. The fourth-order valence-corrected chi connectivity index (χ4v) is 5.50. The van der Waals surface area contributed by atoms with Gasteiger partial charge in [-0.1, -0.05) is 37.5 Å². The standard InChI is InChI=1S/C27H32F3N3/c28-27(29,30)20-12-9-18(10-13-20)16-31-17-19-11-14-24-23(15-19)22-7-4-8-25(26(22)33-24)32-21-5-2-1-3-6-21/h9-15,21,25,31-33H,1-8,16-17H2. The normalized spacial score (nSPS) is 19.7. The first kappa shape index (κ1) is 22.5. The summed E-state index contributed by atoms with van der Waals surface area (Å²) in [5.41, 5.74) is 5.46. The first-order valence-corrected chi connectivity index (χ1v) is 12.2. The molecule has 1 atom stereocenters. The zero-order chi connectivity index (χ0) is 22.8. The molecule has 0 bridgehead atoms. The van der Waals surface area contributed by atoms with Crippen molar-refractivity contribution in [1.82, 2.24) is 15.6 Å². The van der Waals surface area contributed by atoms with Gasteiger partial charge in [-0.25, -0.2) is 0 Å². The molecule has 1 fully saturated rings. The molecule has 5 rings (SSSR count). The maximum Gasteiger partial charge on any atom is 0.416 e. The van der Waals surface area contributed by atoms with Crippen molar-refractivity contribution in [2.45, 2.75) is 82.7 Å². The van der Waals surface area contributed by atoms with Crippen molar-refractivity contribution in [1.29, 1.82) is 0 Å². The van der Waals surface area contributed by atoms with E-state index in [9.17, 15) is 13.2 Å². The first-order chi connectivity index (χ1) is 16.0. The fourth-order valence-electron chi connectivity index (χ4n) is 5.50. The lowest BCUT2D eigenvalue weighted by Crippen LogP contribution is -2.36. The molecule has 1 heterocycles. The second-order valence-corrected chi connectivity index (χ2v) is 9.64. The Labute approximate surface area is 193 Å². The number of benzene rings is 2. The topological polar surface area (TPSA) is 39.9 Å². The van der Waals surface area contributed by atoms with Crippen LogP contribution in [-0.4, -0.2) is 11.0 Å². The molecule has 0 radical (unpaired) electrons. The average Bonchev–Trinajstić information content (AvgIpc) is 3.19. The van der Waals surface area contributed by atoms with Crippen LogP contribution in [0.4, 0.5) is 13.2 Å². The number of nitrogens with one attached hydrogen (secondary N) is 3. The van der Waals surface area contributed by atoms with E-state index in [4.69, 9.17) is 0 Å². The number of fused-ring (bicyclic) bond motifs is 3. The summed E-state index contributed by atoms with van der Waals surface area (Å²) in [6.45, 7) is 1.22. The minimum Gasteiger partial charge on any atom is -0.357 e. The van der Waals surface area contributed by atoms with Crippen LogP contribution in [0.5, 0.6) is 0 Å². The van der Waals surface area contributed by atoms with Crippen LogP contribution in [0.1, 0.15) is 78.9 Å². The Morgan fingerprint density at radius 2 is 1.58 bits per heavy atom. The molecule has 0 saturated heterocycles. The van der Waals surface area contributed by atoms with Crippen LogP contribution < -0.4 is 10.6 Å². The molecule has 6 heteroatoms. The van der Waals surface area contributed by atoms with E-state index in [1.807, 2.05) is 0 Å². The van der Waals surface area contributed by atoms with Gasteiger partial charge in [0.2, 0.25) is 0 Å². The van der Waals surface area contributed by atoms with Crippen molar-refractivity contribution >= 4 is 10.9 Å². The number of H-pyrrole nitrogens is 1. The molecule has 1 aromatic heterocycles. The van der Waals surface area contributed by atoms with E-state index in [-0.39, 0.29) is 0 Å². The SMILES string of the molecule is FC(F)(F)c1ccc(CNCc2ccc3[nH]c4c(c3c2)CCCC4NC2CCCCC2)cc1. The molecule has 33 heavy (non-hydrogen) atoms. The highest BCUT2D eigenvalue weighted by Crippen LogP contribution is 2.36. The second kappa shape index (κ2) is 9.51. The van der Waals surface area contributed by atoms with Gasteiger partial charge >= 0.3 is 6.18 Å². The molecule has 176 valence electrons. The van der Waals surface area contributed by atoms with Crippen molar-refractivity contribution < 1.29 is 13.2 Å². The number of hydrogen-bond acceptors (Lipinski definition) is 2. The van der Waals surface area contributed by atoms with Gasteiger partial charge in [-0.05, 0) is 73.1 Å². The third kappa shape index (κ3) is 5.12. The zero-order valence-corrected chi connectivity index (χ0v) is 18.9. The van der Waals surface area contributed by atoms with Crippen LogP contribution in [0.2, 0.25) is 0 Å². The van der Waals surface area contributed by atoms with Gasteiger partial charge in [-0.3, -0.25) is 0 Å². The van der Waals surface area contributed by atoms with Gasteiger partial charge in [0, 0.05) is 41.8 Å². The third-order valence-electron chi connectivity index (χ3n) is 7.25. The van der Waals surface area contributed by atoms with E-state index in [2.05, 4.69) is 33.8 Å². The predicted octanol–water partition coefficient (Wildman–Crippen LogP) is 6.78. The van der Waals surface area contributed by atoms with E-state index < -0.39 is 11.7 Å². The molecule has 0 spiro atoms. The van der Waals surface area contributed by atoms with Gasteiger partial charge in [0.15, 0.2) is 0 Å². The summed E-state index contributed by atoms with van der Waals surface area (Å²) in [5, 5.41) is 8.63. The number of alkyl halides is 3. The Balaban J connectivity index is 1.25. The van der Waals surface area contributed by atoms with Gasteiger partial charge in [0.25, 0.3) is 0 Å². The monoisotopic (exact) mass is 455 g/mol. The summed E-state index contributed by atoms with van der Waals surface area (Å²) >= 11 is 0. The number of hydrogen-bond donors (Lipinski definition) is 3. The van der Waals surface area contributed by atoms with Crippen LogP contribution >= 0.6 is 0 Å². The second-order valence-electron chi connectivity index (χ2n) is 9.64. The largest absolute Gasteiger partial charge is 0.416 e. The van der Waals surface area contributed by atoms with Crippen molar-refractivity contribution in [3.8, 4) is 0 Å². The predicted molar refractivity (Wildman–Crippen MR) is 126 cm³/mol. The molecule has 1 unspecified atom stereocenters. The zero-order valence-electron chi connectivity index (χ0n) is 18.9. The summed E-state index contributed by atoms with van der Waals surface area (Å²) in [6, 6.07) is 13.0. The lowest BCUT2D eigenvalue weighted by Gasteiger charge is -2.31. The Bertz CT molecular complexity index is 1080. The average molecular weight is 456 g/mol. The van der Waals surface area contributed by atoms with Crippen molar-refractivity contribution in [3.05, 3.63) is 70.4 Å². The highest BCUT2D eigenvalue weighted by atomic mass is 19.4. The molecule has 2 aromatic carbocycles. The first-order valence-electron chi connectivity index (χ1n) is 12.2. The van der Waals surface area contributed by atoms with Crippen molar-refractivity contribution in [3.63, 3.8) is 0 Å². The minimum absolute atomic E-state index is 0.422. The van der Waals surface area contributed by atoms with Crippen molar-refractivity contribution in [2.24, 2.45) is 0 Å². The van der Waals surface area contributed by atoms with Crippen LogP contribution in [0.15, 0.2) is 42.5 Å². The highest BCUT2D eigenvalue weighted by molar-refractivity contribution is 5.85. The summed E-state index contributed by atoms with van der Waals surface area (Å²) < 4.78 is 38.2. The summed E-state index contributed by atoms with van der Waals surface area (Å²) in [5.74, 6) is 0. The molecule has 3 aromatic rings. The van der Waals surface area contributed by atoms with Gasteiger partial charge in [-0.15, -0.1) is 0 Å². The summed E-state index contributed by atoms with van der Waals surface area (Å²) in [4.78, 5) is 3.71. The number of rotatable bonds is 6. The third-order valence-corrected chi connectivity index (χ3v) is 7.25. The van der Waals surface area contributed by atoms with E-state index in [1.54, 1.807) is 12.1 Å². The Kier molecular flexibility index (Phi) is 6.48. The maximum atomic E-state index is 12.7. The maximum absolute atomic E-state index is 12.7. The molecule has 1 saturated carbocycles. The number of aryl methyl sites for hydroxylation is 1. The van der Waals surface area contributed by atoms with Gasteiger partial charge in [0.1, 0.15) is 0 Å². The van der Waals surface area contributed by atoms with E-state index in [0.717, 1.165) is 24.1 Å². The Morgan fingerprint density at radius 3 is 2.33 bits per heavy atom. The van der Waals surface area contributed by atoms with Gasteiger partial charge in [-0.2, -0.15) is 13.2 Å². The quantitative estimate of drug-likeness (QED) is 0.384. The lowest BCUT2D eigenvalue weighted by atomic mass is 9.89. The van der Waals surface area contributed by atoms with E-state index in [1.165, 1.54) is 72.7 Å². The van der Waals surface area contributed by atoms with E-state index in [0.29, 0.717) is 25.2 Å². The van der Waals surface area contributed by atoms with E-state index >= 15 is 0 Å². The molecular weight excluding hydrogens is 423 g/mol. The molecular formula is C27H32F3N3. The Morgan fingerprint density at radius 1 is 0.848 bits per heavy atom. The summed E-state index contributed by atoms with van der Waals surface area (Å²) in [7, 11) is 0.